The monoisotopic (exact) mass is 398 g/mol. The van der Waals surface area contributed by atoms with Crippen LogP contribution in [0.2, 0.25) is 0 Å². The Morgan fingerprint density at radius 1 is 0.966 bits per heavy atom. The van der Waals surface area contributed by atoms with Gasteiger partial charge in [0.2, 0.25) is 0 Å². The van der Waals surface area contributed by atoms with Gasteiger partial charge in [-0.1, -0.05) is 50.5 Å². The second-order valence-corrected chi connectivity index (χ2v) is 11.7. The third kappa shape index (κ3) is 3.03. The van der Waals surface area contributed by atoms with E-state index < -0.39 is 0 Å². The van der Waals surface area contributed by atoms with Crippen molar-refractivity contribution in [3.63, 3.8) is 0 Å². The first kappa shape index (κ1) is 20.3. The maximum atomic E-state index is 10.3. The van der Waals surface area contributed by atoms with Crippen molar-refractivity contribution < 1.29 is 10.2 Å². The Balaban J connectivity index is 1.47. The van der Waals surface area contributed by atoms with Crippen LogP contribution in [0.15, 0.2) is 23.3 Å². The molecule has 4 unspecified atom stereocenters. The molecule has 2 nitrogen and oxygen atoms in total. The van der Waals surface area contributed by atoms with Gasteiger partial charge in [0.05, 0.1) is 12.2 Å². The van der Waals surface area contributed by atoms with Crippen LogP contribution in [0, 0.1) is 40.4 Å². The zero-order chi connectivity index (χ0) is 20.4. The molecule has 5 rings (SSSR count). The molecule has 5 aliphatic carbocycles. The zero-order valence-corrected chi connectivity index (χ0v) is 18.9. The minimum absolute atomic E-state index is 0.0789. The smallest absolute Gasteiger partial charge is 0.0577 e. The summed E-state index contributed by atoms with van der Waals surface area (Å²) in [6, 6.07) is 0. The topological polar surface area (TPSA) is 40.5 Å². The molecular formula is C27H42O2. The van der Waals surface area contributed by atoms with Gasteiger partial charge in [0.15, 0.2) is 0 Å². The fraction of sp³-hybridized carbons (Fsp3) is 0.852. The molecule has 5 aliphatic rings. The van der Waals surface area contributed by atoms with Crippen LogP contribution in [0.5, 0.6) is 0 Å². The molecule has 3 fully saturated rings. The molecule has 2 N–H and O–H groups in total. The Labute approximate surface area is 177 Å². The standard InChI is InChI=1S/C27H42O2/c1-4-17-14-19-16-21(29)10-12-26(19,2)24-11-13-27(3)22(8-9-23(27)25(17)24)18-6-5-7-20(28)15-18/h8,14,17-18,20-21,23-25,28-29H,4-7,9-13,15-16H2,1-3H3/t17?,18?,20?,21?,23-,24+,25-,26-,27+/m0/s1. The molecule has 9 atom stereocenters. The van der Waals surface area contributed by atoms with Crippen molar-refractivity contribution in [1.29, 1.82) is 0 Å². The maximum absolute atomic E-state index is 10.3. The summed E-state index contributed by atoms with van der Waals surface area (Å²) >= 11 is 0. The first-order valence-corrected chi connectivity index (χ1v) is 12.6. The summed E-state index contributed by atoms with van der Waals surface area (Å²) in [5.41, 5.74) is 4.00. The summed E-state index contributed by atoms with van der Waals surface area (Å²) in [6.07, 6.45) is 17.8. The second kappa shape index (κ2) is 7.23. The molecule has 162 valence electrons. The van der Waals surface area contributed by atoms with E-state index >= 15 is 0 Å². The van der Waals surface area contributed by atoms with Crippen LogP contribution in [0.4, 0.5) is 0 Å². The van der Waals surface area contributed by atoms with Crippen LogP contribution >= 0.6 is 0 Å². The highest BCUT2D eigenvalue weighted by Crippen LogP contribution is 2.67. The van der Waals surface area contributed by atoms with Crippen molar-refractivity contribution >= 4 is 0 Å². The number of fused-ring (bicyclic) bond motifs is 5. The highest BCUT2D eigenvalue weighted by molar-refractivity contribution is 5.32. The molecule has 0 aromatic carbocycles. The first-order chi connectivity index (χ1) is 13.9. The van der Waals surface area contributed by atoms with Crippen molar-refractivity contribution in [2.24, 2.45) is 40.4 Å². The number of allylic oxidation sites excluding steroid dienone is 3. The van der Waals surface area contributed by atoms with Gasteiger partial charge in [0.1, 0.15) is 0 Å². The molecule has 0 bridgehead atoms. The van der Waals surface area contributed by atoms with Crippen molar-refractivity contribution in [2.75, 3.05) is 0 Å². The van der Waals surface area contributed by atoms with Gasteiger partial charge in [0, 0.05) is 0 Å². The Bertz CT molecular complexity index is 707. The van der Waals surface area contributed by atoms with Gasteiger partial charge in [-0.15, -0.1) is 0 Å². The van der Waals surface area contributed by atoms with Crippen molar-refractivity contribution in [3.8, 4) is 0 Å². The van der Waals surface area contributed by atoms with Crippen molar-refractivity contribution in [3.05, 3.63) is 23.3 Å². The van der Waals surface area contributed by atoms with Crippen LogP contribution < -0.4 is 0 Å². The lowest BCUT2D eigenvalue weighted by atomic mass is 9.44. The van der Waals surface area contributed by atoms with Gasteiger partial charge in [-0.3, -0.25) is 0 Å². The van der Waals surface area contributed by atoms with Crippen LogP contribution in [0.1, 0.15) is 91.4 Å². The average Bonchev–Trinajstić information content (AvgIpc) is 3.05. The van der Waals surface area contributed by atoms with E-state index in [0.717, 1.165) is 43.4 Å². The second-order valence-electron chi connectivity index (χ2n) is 11.7. The first-order valence-electron chi connectivity index (χ1n) is 12.6. The maximum Gasteiger partial charge on any atom is 0.0577 e. The van der Waals surface area contributed by atoms with Gasteiger partial charge in [-0.25, -0.2) is 0 Å². The quantitative estimate of drug-likeness (QED) is 0.557. The summed E-state index contributed by atoms with van der Waals surface area (Å²) in [4.78, 5) is 0. The highest BCUT2D eigenvalue weighted by atomic mass is 16.3. The lowest BCUT2D eigenvalue weighted by Gasteiger charge is -2.60. The van der Waals surface area contributed by atoms with Crippen LogP contribution in [0.3, 0.4) is 0 Å². The number of hydrogen-bond acceptors (Lipinski definition) is 2. The van der Waals surface area contributed by atoms with E-state index in [2.05, 4.69) is 32.9 Å². The van der Waals surface area contributed by atoms with Crippen molar-refractivity contribution in [1.82, 2.24) is 0 Å². The molecule has 3 saturated carbocycles. The van der Waals surface area contributed by atoms with Gasteiger partial charge in [-0.2, -0.15) is 0 Å². The van der Waals surface area contributed by atoms with E-state index in [1.165, 1.54) is 44.9 Å². The minimum atomic E-state index is -0.116. The van der Waals surface area contributed by atoms with E-state index in [-0.39, 0.29) is 12.2 Å². The predicted octanol–water partition coefficient (Wildman–Crippen LogP) is 6.03. The summed E-state index contributed by atoms with van der Waals surface area (Å²) in [6.45, 7) is 7.51. The Morgan fingerprint density at radius 2 is 1.76 bits per heavy atom. The normalized spacial score (nSPS) is 52.1. The van der Waals surface area contributed by atoms with E-state index in [9.17, 15) is 10.2 Å². The minimum Gasteiger partial charge on any atom is -0.393 e. The van der Waals surface area contributed by atoms with E-state index in [1.54, 1.807) is 11.1 Å². The molecule has 0 aromatic rings. The highest BCUT2D eigenvalue weighted by Gasteiger charge is 2.59. The Hall–Kier alpha value is -0.600. The molecule has 0 saturated heterocycles. The van der Waals surface area contributed by atoms with E-state index in [4.69, 9.17) is 0 Å². The molecule has 0 amide bonds. The van der Waals surface area contributed by atoms with Gasteiger partial charge in [0.25, 0.3) is 0 Å². The lowest BCUT2D eigenvalue weighted by molar-refractivity contribution is -0.0550. The fourth-order valence-electron chi connectivity index (χ4n) is 8.88. The average molecular weight is 399 g/mol. The van der Waals surface area contributed by atoms with E-state index in [0.29, 0.717) is 22.7 Å². The fourth-order valence-corrected chi connectivity index (χ4v) is 8.88. The molecule has 29 heavy (non-hydrogen) atoms. The number of aliphatic hydroxyl groups excluding tert-OH is 2. The number of aliphatic hydroxyl groups is 2. The van der Waals surface area contributed by atoms with Gasteiger partial charge < -0.3 is 10.2 Å². The van der Waals surface area contributed by atoms with Gasteiger partial charge >= 0.3 is 0 Å². The largest absolute Gasteiger partial charge is 0.393 e. The molecule has 0 aromatic heterocycles. The molecule has 0 heterocycles. The third-order valence-electron chi connectivity index (χ3n) is 10.4. The number of hydrogen-bond donors (Lipinski definition) is 2. The Morgan fingerprint density at radius 3 is 2.52 bits per heavy atom. The van der Waals surface area contributed by atoms with Crippen LogP contribution in [-0.4, -0.2) is 22.4 Å². The number of rotatable bonds is 2. The van der Waals surface area contributed by atoms with Gasteiger partial charge in [-0.05, 0) is 105 Å². The Kier molecular flexibility index (Phi) is 5.06. The van der Waals surface area contributed by atoms with E-state index in [1.807, 2.05) is 0 Å². The van der Waals surface area contributed by atoms with Crippen molar-refractivity contribution in [2.45, 2.75) is 104 Å². The predicted molar refractivity (Wildman–Crippen MR) is 118 cm³/mol. The summed E-state index contributed by atoms with van der Waals surface area (Å²) in [7, 11) is 0. The molecule has 0 aliphatic heterocycles. The summed E-state index contributed by atoms with van der Waals surface area (Å²) in [5.74, 6) is 3.68. The lowest BCUT2D eigenvalue weighted by Crippen LogP contribution is -2.53. The van der Waals surface area contributed by atoms with Crippen LogP contribution in [-0.2, 0) is 0 Å². The SMILES string of the molecule is CCC1C=C2CC(O)CC[C@]2(C)[C@@H]2CC[C@]3(C)C(C4CCCC(O)C4)=CC[C@H]3[C@H]12. The molecular weight excluding hydrogens is 356 g/mol. The summed E-state index contributed by atoms with van der Waals surface area (Å²) in [5, 5.41) is 20.7. The molecule has 0 radical (unpaired) electrons. The zero-order valence-electron chi connectivity index (χ0n) is 18.9. The molecule has 2 heteroatoms. The third-order valence-corrected chi connectivity index (χ3v) is 10.4. The summed E-state index contributed by atoms with van der Waals surface area (Å²) < 4.78 is 0. The molecule has 0 spiro atoms. The van der Waals surface area contributed by atoms with Crippen LogP contribution in [0.25, 0.3) is 0 Å².